The second-order valence-electron chi connectivity index (χ2n) is 8.56. The number of oxazole rings is 1. The van der Waals surface area contributed by atoms with E-state index in [0.717, 1.165) is 12.8 Å². The molecule has 0 aliphatic heterocycles. The van der Waals surface area contributed by atoms with Crippen molar-refractivity contribution in [3.8, 4) is 17.2 Å². The van der Waals surface area contributed by atoms with Crippen LogP contribution in [0.2, 0.25) is 0 Å². The number of carbonyl (C=O) groups is 1. The van der Waals surface area contributed by atoms with Crippen LogP contribution in [0.15, 0.2) is 28.7 Å². The Bertz CT molecular complexity index is 995. The number of hydrogen-bond donors (Lipinski definition) is 0. The number of sulfone groups is 1. The molecule has 0 spiro atoms. The number of aryl methyl sites for hydroxylation is 1. The molecular formula is C23H31NO5S. The maximum atomic E-state index is 12.7. The minimum Gasteiger partial charge on any atom is -0.497 e. The fourth-order valence-electron chi connectivity index (χ4n) is 4.28. The summed E-state index contributed by atoms with van der Waals surface area (Å²) in [7, 11) is -2.04. The average molecular weight is 434 g/mol. The van der Waals surface area contributed by atoms with E-state index in [1.54, 1.807) is 20.1 Å². The third kappa shape index (κ3) is 5.50. The molecule has 1 fully saturated rings. The third-order valence-corrected chi connectivity index (χ3v) is 7.79. The number of ketones is 1. The standard InChI is InChI=1S/C23H31NO5S/c1-15-7-5-8-18(16(15)2)11-20(25)13-30(26,27)14-22-17(3)29-23(24-22)19-9-6-10-21(12-19)28-4/h6,9-10,12,15-16,18H,5,7-8,11,13-14H2,1-4H3. The van der Waals surface area contributed by atoms with Crippen molar-refractivity contribution >= 4 is 15.6 Å². The quantitative estimate of drug-likeness (QED) is 0.604. The predicted octanol–water partition coefficient (Wildman–Crippen LogP) is 4.60. The summed E-state index contributed by atoms with van der Waals surface area (Å²) in [4.78, 5) is 16.9. The van der Waals surface area contributed by atoms with Crippen LogP contribution >= 0.6 is 0 Å². The normalized spacial score (nSPS) is 22.1. The molecule has 30 heavy (non-hydrogen) atoms. The number of methoxy groups -OCH3 is 1. The van der Waals surface area contributed by atoms with Crippen LogP contribution < -0.4 is 4.74 Å². The van der Waals surface area contributed by atoms with Gasteiger partial charge >= 0.3 is 0 Å². The Morgan fingerprint density at radius 2 is 2.03 bits per heavy atom. The zero-order valence-electron chi connectivity index (χ0n) is 18.2. The predicted molar refractivity (Wildman–Crippen MR) is 116 cm³/mol. The van der Waals surface area contributed by atoms with Crippen molar-refractivity contribution in [3.05, 3.63) is 35.7 Å². The Kier molecular flexibility index (Phi) is 7.01. The molecule has 0 amide bonds. The summed E-state index contributed by atoms with van der Waals surface area (Å²) in [5.41, 5.74) is 1.05. The van der Waals surface area contributed by atoms with E-state index >= 15 is 0 Å². The molecule has 7 heteroatoms. The van der Waals surface area contributed by atoms with Gasteiger partial charge in [0.05, 0.1) is 18.6 Å². The van der Waals surface area contributed by atoms with E-state index in [9.17, 15) is 13.2 Å². The molecule has 1 aliphatic rings. The zero-order valence-corrected chi connectivity index (χ0v) is 19.0. The van der Waals surface area contributed by atoms with Crippen molar-refractivity contribution in [1.82, 2.24) is 4.98 Å². The molecule has 164 valence electrons. The Labute approximate surface area is 179 Å². The molecule has 0 N–H and O–H groups in total. The van der Waals surface area contributed by atoms with Crippen molar-refractivity contribution < 1.29 is 22.4 Å². The zero-order chi connectivity index (χ0) is 21.9. The van der Waals surface area contributed by atoms with Crippen LogP contribution in [0.1, 0.15) is 51.0 Å². The Morgan fingerprint density at radius 3 is 2.77 bits per heavy atom. The third-order valence-electron chi connectivity index (χ3n) is 6.31. The number of aromatic nitrogens is 1. The van der Waals surface area contributed by atoms with Crippen molar-refractivity contribution in [2.45, 2.75) is 52.2 Å². The van der Waals surface area contributed by atoms with E-state index in [4.69, 9.17) is 9.15 Å². The molecule has 0 radical (unpaired) electrons. The first kappa shape index (κ1) is 22.5. The largest absolute Gasteiger partial charge is 0.497 e. The Hall–Kier alpha value is -2.15. The Morgan fingerprint density at radius 1 is 1.27 bits per heavy atom. The van der Waals surface area contributed by atoms with Crippen LogP contribution in [0.4, 0.5) is 0 Å². The van der Waals surface area contributed by atoms with Crippen molar-refractivity contribution in [3.63, 3.8) is 0 Å². The highest BCUT2D eigenvalue weighted by molar-refractivity contribution is 7.91. The highest BCUT2D eigenvalue weighted by Gasteiger charge is 2.30. The van der Waals surface area contributed by atoms with Gasteiger partial charge in [-0.3, -0.25) is 4.79 Å². The van der Waals surface area contributed by atoms with Gasteiger partial charge in [0.2, 0.25) is 5.89 Å². The lowest BCUT2D eigenvalue weighted by molar-refractivity contribution is -0.118. The monoisotopic (exact) mass is 433 g/mol. The first-order valence-corrected chi connectivity index (χ1v) is 12.3. The first-order chi connectivity index (χ1) is 14.2. The smallest absolute Gasteiger partial charge is 0.226 e. The summed E-state index contributed by atoms with van der Waals surface area (Å²) in [6, 6.07) is 7.22. The lowest BCUT2D eigenvalue weighted by Gasteiger charge is -2.33. The van der Waals surface area contributed by atoms with Gasteiger partial charge in [-0.15, -0.1) is 0 Å². The van der Waals surface area contributed by atoms with Gasteiger partial charge in [0.25, 0.3) is 0 Å². The van der Waals surface area contributed by atoms with Gasteiger partial charge in [-0.25, -0.2) is 13.4 Å². The van der Waals surface area contributed by atoms with E-state index < -0.39 is 15.6 Å². The fraction of sp³-hybridized carbons (Fsp3) is 0.565. The number of carbonyl (C=O) groups excluding carboxylic acids is 1. The molecule has 3 unspecified atom stereocenters. The second kappa shape index (κ2) is 9.33. The highest BCUT2D eigenvalue weighted by Crippen LogP contribution is 2.36. The average Bonchev–Trinajstić information content (AvgIpc) is 3.04. The molecule has 6 nitrogen and oxygen atoms in total. The second-order valence-corrected chi connectivity index (χ2v) is 10.6. The van der Waals surface area contributed by atoms with Gasteiger partial charge in [-0.05, 0) is 49.3 Å². The van der Waals surface area contributed by atoms with E-state index in [1.165, 1.54) is 6.42 Å². The molecule has 1 aromatic carbocycles. The number of Topliss-reactive ketones (excluding diaryl/α,β-unsaturated/α-hetero) is 1. The summed E-state index contributed by atoms with van der Waals surface area (Å²) < 4.78 is 36.2. The summed E-state index contributed by atoms with van der Waals surface area (Å²) in [6.45, 7) is 6.08. The molecular weight excluding hydrogens is 402 g/mol. The van der Waals surface area contributed by atoms with E-state index in [2.05, 4.69) is 18.8 Å². The molecule has 0 saturated heterocycles. The molecule has 0 bridgehead atoms. The summed E-state index contributed by atoms with van der Waals surface area (Å²) in [6.07, 6.45) is 3.65. The fourth-order valence-corrected chi connectivity index (χ4v) is 5.67. The lowest BCUT2D eigenvalue weighted by Crippen LogP contribution is -2.28. The summed E-state index contributed by atoms with van der Waals surface area (Å²) in [5.74, 6) is 1.83. The van der Waals surface area contributed by atoms with Gasteiger partial charge in [-0.1, -0.05) is 32.8 Å². The van der Waals surface area contributed by atoms with Crippen LogP contribution in [0.5, 0.6) is 5.75 Å². The summed E-state index contributed by atoms with van der Waals surface area (Å²) in [5, 5.41) is 0. The number of benzene rings is 1. The van der Waals surface area contributed by atoms with Gasteiger partial charge in [0, 0.05) is 12.0 Å². The molecule has 2 aromatic rings. The van der Waals surface area contributed by atoms with Gasteiger partial charge in [0.15, 0.2) is 9.84 Å². The summed E-state index contributed by atoms with van der Waals surface area (Å²) >= 11 is 0. The topological polar surface area (TPSA) is 86.5 Å². The van der Waals surface area contributed by atoms with Crippen molar-refractivity contribution in [2.75, 3.05) is 12.9 Å². The number of nitrogens with zero attached hydrogens (tertiary/aromatic N) is 1. The van der Waals surface area contributed by atoms with Gasteiger partial charge in [-0.2, -0.15) is 0 Å². The maximum Gasteiger partial charge on any atom is 0.226 e. The Balaban J connectivity index is 1.66. The van der Waals surface area contributed by atoms with Gasteiger partial charge < -0.3 is 9.15 Å². The van der Waals surface area contributed by atoms with E-state index in [0.29, 0.717) is 46.9 Å². The minimum absolute atomic E-state index is 0.199. The number of ether oxygens (including phenoxy) is 1. The maximum absolute atomic E-state index is 12.7. The number of hydrogen-bond acceptors (Lipinski definition) is 6. The van der Waals surface area contributed by atoms with E-state index in [1.807, 2.05) is 18.2 Å². The van der Waals surface area contributed by atoms with Gasteiger partial charge in [0.1, 0.15) is 23.0 Å². The molecule has 1 aromatic heterocycles. The van der Waals surface area contributed by atoms with Crippen LogP contribution in [-0.2, 0) is 20.4 Å². The molecule has 3 atom stereocenters. The molecule has 1 heterocycles. The molecule has 1 aliphatic carbocycles. The van der Waals surface area contributed by atoms with Crippen LogP contribution in [0.3, 0.4) is 0 Å². The van der Waals surface area contributed by atoms with E-state index in [-0.39, 0.29) is 17.5 Å². The number of rotatable bonds is 8. The minimum atomic E-state index is -3.62. The SMILES string of the molecule is COc1cccc(-c2nc(CS(=O)(=O)CC(=O)CC3CCCC(C)C3C)c(C)o2)c1. The molecule has 1 saturated carbocycles. The lowest BCUT2D eigenvalue weighted by atomic mass is 9.72. The van der Waals surface area contributed by atoms with Crippen LogP contribution in [0.25, 0.3) is 11.5 Å². The van der Waals surface area contributed by atoms with Crippen molar-refractivity contribution in [1.29, 1.82) is 0 Å². The molecule has 3 rings (SSSR count). The van der Waals surface area contributed by atoms with Crippen molar-refractivity contribution in [2.24, 2.45) is 17.8 Å². The van der Waals surface area contributed by atoms with Crippen LogP contribution in [0, 0.1) is 24.7 Å². The first-order valence-electron chi connectivity index (χ1n) is 10.5. The highest BCUT2D eigenvalue weighted by atomic mass is 32.2. The van der Waals surface area contributed by atoms with Crippen LogP contribution in [-0.4, -0.2) is 32.0 Å².